The number of ketones is 1. The molecule has 0 saturated carbocycles. The van der Waals surface area contributed by atoms with Crippen molar-refractivity contribution in [1.82, 2.24) is 0 Å². The Morgan fingerprint density at radius 2 is 2.12 bits per heavy atom. The van der Waals surface area contributed by atoms with E-state index in [2.05, 4.69) is 0 Å². The highest BCUT2D eigenvalue weighted by molar-refractivity contribution is 5.99. The molecule has 1 heterocycles. The van der Waals surface area contributed by atoms with Gasteiger partial charge in [-0.15, -0.1) is 0 Å². The minimum atomic E-state index is -0.410. The van der Waals surface area contributed by atoms with E-state index in [4.69, 9.17) is 14.2 Å². The largest absolute Gasteiger partial charge is 0.496 e. The molecule has 0 unspecified atom stereocenters. The summed E-state index contributed by atoms with van der Waals surface area (Å²) >= 11 is 0. The maximum atomic E-state index is 12.1. The van der Waals surface area contributed by atoms with Crippen LogP contribution in [0.1, 0.15) is 22.3 Å². The summed E-state index contributed by atoms with van der Waals surface area (Å²) in [5.41, 5.74) is 1.62. The molecule has 0 bridgehead atoms. The highest BCUT2D eigenvalue weighted by Gasteiger charge is 2.22. The molecule has 0 amide bonds. The highest BCUT2D eigenvalue weighted by atomic mass is 16.7. The van der Waals surface area contributed by atoms with E-state index in [0.29, 0.717) is 24.5 Å². The van der Waals surface area contributed by atoms with Crippen LogP contribution in [0.15, 0.2) is 18.2 Å². The van der Waals surface area contributed by atoms with Crippen LogP contribution in [0.3, 0.4) is 0 Å². The number of carbonyl (C=O) groups excluding carboxylic acids is 1. The second-order valence-electron chi connectivity index (χ2n) is 4.00. The van der Waals surface area contributed by atoms with E-state index in [0.717, 1.165) is 5.56 Å². The van der Waals surface area contributed by atoms with E-state index >= 15 is 0 Å². The number of hydrogen-bond donors (Lipinski definition) is 0. The maximum Gasteiger partial charge on any atom is 0.171 e. The molecule has 17 heavy (non-hydrogen) atoms. The minimum Gasteiger partial charge on any atom is -0.496 e. The normalized spacial score (nSPS) is 16.1. The molecule has 0 spiro atoms. The van der Waals surface area contributed by atoms with Crippen molar-refractivity contribution in [2.45, 2.75) is 19.6 Å². The number of hydrogen-bond acceptors (Lipinski definition) is 4. The van der Waals surface area contributed by atoms with Crippen molar-refractivity contribution >= 4 is 5.78 Å². The van der Waals surface area contributed by atoms with Gasteiger partial charge >= 0.3 is 0 Å². The smallest absolute Gasteiger partial charge is 0.171 e. The van der Waals surface area contributed by atoms with Crippen LogP contribution in [-0.4, -0.2) is 32.4 Å². The lowest BCUT2D eigenvalue weighted by Crippen LogP contribution is -2.15. The lowest BCUT2D eigenvalue weighted by molar-refractivity contribution is -0.0407. The van der Waals surface area contributed by atoms with Crippen LogP contribution in [0.4, 0.5) is 0 Å². The van der Waals surface area contributed by atoms with Crippen LogP contribution >= 0.6 is 0 Å². The molecule has 92 valence electrons. The first-order chi connectivity index (χ1) is 8.20. The Hall–Kier alpha value is -1.39. The molecule has 1 aromatic rings. The number of ether oxygens (including phenoxy) is 3. The Balaban J connectivity index is 2.14. The van der Waals surface area contributed by atoms with E-state index in [9.17, 15) is 4.79 Å². The van der Waals surface area contributed by atoms with Crippen molar-refractivity contribution in [2.24, 2.45) is 0 Å². The SMILES string of the molecule is COc1ccc(C)cc1C(=O)CC1OCCO1. The lowest BCUT2D eigenvalue weighted by atomic mass is 10.0. The van der Waals surface area contributed by atoms with Gasteiger partial charge in [-0.25, -0.2) is 0 Å². The Bertz CT molecular complexity index is 408. The third kappa shape index (κ3) is 2.84. The van der Waals surface area contributed by atoms with Crippen molar-refractivity contribution in [3.05, 3.63) is 29.3 Å². The van der Waals surface area contributed by atoms with Gasteiger partial charge in [0, 0.05) is 0 Å². The summed E-state index contributed by atoms with van der Waals surface area (Å²) in [6.07, 6.45) is -0.174. The fourth-order valence-corrected chi connectivity index (χ4v) is 1.83. The number of aryl methyl sites for hydroxylation is 1. The zero-order valence-electron chi connectivity index (χ0n) is 10.1. The van der Waals surface area contributed by atoms with Gasteiger partial charge in [0.25, 0.3) is 0 Å². The standard InChI is InChI=1S/C13H16O4/c1-9-3-4-12(15-2)10(7-9)11(14)8-13-16-5-6-17-13/h3-4,7,13H,5-6,8H2,1-2H3. The van der Waals surface area contributed by atoms with Crippen molar-refractivity contribution in [3.63, 3.8) is 0 Å². The molecule has 0 aliphatic carbocycles. The van der Waals surface area contributed by atoms with E-state index in [1.54, 1.807) is 13.2 Å². The van der Waals surface area contributed by atoms with Crippen molar-refractivity contribution < 1.29 is 19.0 Å². The second-order valence-corrected chi connectivity index (χ2v) is 4.00. The van der Waals surface area contributed by atoms with Gasteiger partial charge in [-0.2, -0.15) is 0 Å². The molecular formula is C13H16O4. The van der Waals surface area contributed by atoms with Crippen LogP contribution in [0.5, 0.6) is 5.75 Å². The summed E-state index contributed by atoms with van der Waals surface area (Å²) in [5.74, 6) is 0.580. The van der Waals surface area contributed by atoms with Gasteiger partial charge in [-0.05, 0) is 19.1 Å². The van der Waals surface area contributed by atoms with Crippen LogP contribution in [0, 0.1) is 6.92 Å². The van der Waals surface area contributed by atoms with Gasteiger partial charge in [-0.3, -0.25) is 4.79 Å². The first kappa shape index (κ1) is 12.1. The van der Waals surface area contributed by atoms with Crippen LogP contribution in [0.25, 0.3) is 0 Å². The number of methoxy groups -OCH3 is 1. The Kier molecular flexibility index (Phi) is 3.76. The number of carbonyl (C=O) groups is 1. The molecular weight excluding hydrogens is 220 g/mol. The molecule has 0 radical (unpaired) electrons. The molecule has 4 nitrogen and oxygen atoms in total. The van der Waals surface area contributed by atoms with E-state index in [1.165, 1.54) is 0 Å². The van der Waals surface area contributed by atoms with Crippen molar-refractivity contribution in [2.75, 3.05) is 20.3 Å². The lowest BCUT2D eigenvalue weighted by Gasteiger charge is -2.11. The van der Waals surface area contributed by atoms with E-state index in [1.807, 2.05) is 19.1 Å². The zero-order chi connectivity index (χ0) is 12.3. The number of Topliss-reactive ketones (excluding diaryl/α,β-unsaturated/α-hetero) is 1. The van der Waals surface area contributed by atoms with Gasteiger partial charge in [0.1, 0.15) is 5.75 Å². The topological polar surface area (TPSA) is 44.8 Å². The van der Waals surface area contributed by atoms with Gasteiger partial charge < -0.3 is 14.2 Å². The third-order valence-electron chi connectivity index (χ3n) is 2.70. The van der Waals surface area contributed by atoms with E-state index < -0.39 is 6.29 Å². The van der Waals surface area contributed by atoms with Crippen molar-refractivity contribution in [1.29, 1.82) is 0 Å². The second kappa shape index (κ2) is 5.29. The first-order valence-corrected chi connectivity index (χ1v) is 5.62. The zero-order valence-corrected chi connectivity index (χ0v) is 10.1. The molecule has 0 N–H and O–H groups in total. The molecule has 0 atom stereocenters. The quantitative estimate of drug-likeness (QED) is 0.749. The number of benzene rings is 1. The molecule has 1 aliphatic rings. The fourth-order valence-electron chi connectivity index (χ4n) is 1.83. The van der Waals surface area contributed by atoms with Crippen LogP contribution < -0.4 is 4.74 Å². The monoisotopic (exact) mass is 236 g/mol. The van der Waals surface area contributed by atoms with Crippen molar-refractivity contribution in [3.8, 4) is 5.75 Å². The Morgan fingerprint density at radius 1 is 1.41 bits per heavy atom. The Labute approximate surface area is 100 Å². The fraction of sp³-hybridized carbons (Fsp3) is 0.462. The molecule has 4 heteroatoms. The Morgan fingerprint density at radius 3 is 2.76 bits per heavy atom. The molecule has 1 aliphatic heterocycles. The van der Waals surface area contributed by atoms with E-state index in [-0.39, 0.29) is 12.2 Å². The summed E-state index contributed by atoms with van der Waals surface area (Å²) in [7, 11) is 1.56. The summed E-state index contributed by atoms with van der Waals surface area (Å²) in [6, 6.07) is 5.55. The average molecular weight is 236 g/mol. The van der Waals surface area contributed by atoms with Crippen LogP contribution in [0.2, 0.25) is 0 Å². The summed E-state index contributed by atoms with van der Waals surface area (Å²) in [6.45, 7) is 3.06. The van der Waals surface area contributed by atoms with Crippen LogP contribution in [-0.2, 0) is 9.47 Å². The van der Waals surface area contributed by atoms with Gasteiger partial charge in [-0.1, -0.05) is 11.6 Å². The van der Waals surface area contributed by atoms with Gasteiger partial charge in [0.05, 0.1) is 32.3 Å². The van der Waals surface area contributed by atoms with Gasteiger partial charge in [0.15, 0.2) is 12.1 Å². The summed E-state index contributed by atoms with van der Waals surface area (Å²) in [5, 5.41) is 0. The summed E-state index contributed by atoms with van der Waals surface area (Å²) < 4.78 is 15.7. The third-order valence-corrected chi connectivity index (χ3v) is 2.70. The van der Waals surface area contributed by atoms with Gasteiger partial charge in [0.2, 0.25) is 0 Å². The average Bonchev–Trinajstić information content (AvgIpc) is 2.81. The molecule has 1 saturated heterocycles. The summed E-state index contributed by atoms with van der Waals surface area (Å²) in [4.78, 5) is 12.1. The predicted molar refractivity (Wildman–Crippen MR) is 62.4 cm³/mol. The first-order valence-electron chi connectivity index (χ1n) is 5.62. The highest BCUT2D eigenvalue weighted by Crippen LogP contribution is 2.23. The maximum absolute atomic E-state index is 12.1. The molecule has 1 fully saturated rings. The number of rotatable bonds is 4. The molecule has 1 aromatic carbocycles. The molecule has 2 rings (SSSR count). The minimum absolute atomic E-state index is 0.0162. The predicted octanol–water partition coefficient (Wildman–Crippen LogP) is 1.95. The molecule has 0 aromatic heterocycles.